The number of cyclic esters (lactones) is 1. The number of phenolic OH excluding ortho intramolecular Hbond substituents is 1. The predicted molar refractivity (Wildman–Crippen MR) is 145 cm³/mol. The lowest BCUT2D eigenvalue weighted by molar-refractivity contribution is 0.0251. The van der Waals surface area contributed by atoms with E-state index in [1.165, 1.54) is 0 Å². The third-order valence-electron chi connectivity index (χ3n) is 5.30. The Kier molecular flexibility index (Phi) is 10.1. The Bertz CT molecular complexity index is 1140. The van der Waals surface area contributed by atoms with Gasteiger partial charge in [-0.15, -0.1) is 0 Å². The molecule has 5 rings (SSSR count). The van der Waals surface area contributed by atoms with Gasteiger partial charge >= 0.3 is 5.97 Å². The largest absolute Gasteiger partial charge is 0.508 e. The van der Waals surface area contributed by atoms with Crippen molar-refractivity contribution in [2.45, 2.75) is 40.2 Å². The Balaban J connectivity index is 0.000000332. The molecule has 4 aromatic carbocycles. The summed E-state index contributed by atoms with van der Waals surface area (Å²) in [5.74, 6) is -0.158. The zero-order chi connectivity index (χ0) is 25.8. The molecule has 182 valence electrons. The molecule has 0 spiro atoms. The monoisotopic (exact) mass is 469 g/mol. The maximum Gasteiger partial charge on any atom is 0.340 e. The molecule has 1 aliphatic rings. The number of carbonyl (C=O) groups is 1. The van der Waals surface area contributed by atoms with Gasteiger partial charge in [0.05, 0.1) is 5.56 Å². The van der Waals surface area contributed by atoms with Crippen LogP contribution in [0.2, 0.25) is 0 Å². The average Bonchev–Trinajstić information content (AvgIpc) is 3.21. The fourth-order valence-corrected chi connectivity index (χ4v) is 3.75. The minimum atomic E-state index is -0.991. The van der Waals surface area contributed by atoms with Gasteiger partial charge in [-0.05, 0) is 37.3 Å². The highest BCUT2D eigenvalue weighted by Gasteiger charge is 2.48. The van der Waals surface area contributed by atoms with Crippen molar-refractivity contribution in [3.8, 4) is 5.75 Å². The lowest BCUT2D eigenvalue weighted by Gasteiger charge is -2.30. The van der Waals surface area contributed by atoms with Crippen molar-refractivity contribution in [2.75, 3.05) is 5.73 Å². The molecule has 0 aliphatic carbocycles. The van der Waals surface area contributed by atoms with E-state index < -0.39 is 5.60 Å². The summed E-state index contributed by atoms with van der Waals surface area (Å²) in [6, 6.07) is 31.7. The normalized spacial score (nSPS) is 15.1. The van der Waals surface area contributed by atoms with E-state index in [1.54, 1.807) is 30.3 Å². The van der Waals surface area contributed by atoms with Crippen LogP contribution in [0.25, 0.3) is 0 Å². The molecule has 1 unspecified atom stereocenters. The summed E-state index contributed by atoms with van der Waals surface area (Å²) >= 11 is 0. The van der Waals surface area contributed by atoms with Crippen LogP contribution in [0.3, 0.4) is 0 Å². The number of para-hydroxylation sites is 1. The van der Waals surface area contributed by atoms with Crippen molar-refractivity contribution in [1.82, 2.24) is 0 Å². The summed E-state index contributed by atoms with van der Waals surface area (Å²) in [6.45, 7) is 10.0. The van der Waals surface area contributed by atoms with Crippen LogP contribution in [-0.2, 0) is 10.3 Å². The molecule has 4 aromatic rings. The van der Waals surface area contributed by atoms with E-state index >= 15 is 0 Å². The Morgan fingerprint density at radius 1 is 0.686 bits per heavy atom. The Labute approximate surface area is 209 Å². The summed E-state index contributed by atoms with van der Waals surface area (Å²) < 4.78 is 5.95. The van der Waals surface area contributed by atoms with Gasteiger partial charge in [-0.2, -0.15) is 0 Å². The molecule has 4 heteroatoms. The molecular weight excluding hydrogens is 434 g/mol. The molecule has 0 aromatic heterocycles. The van der Waals surface area contributed by atoms with Crippen molar-refractivity contribution in [1.29, 1.82) is 0 Å². The van der Waals surface area contributed by atoms with Crippen LogP contribution in [-0.4, -0.2) is 11.1 Å². The van der Waals surface area contributed by atoms with Crippen molar-refractivity contribution in [3.63, 3.8) is 0 Å². The SMILES string of the molecule is CC.CC.Cc1ccc(C2(c3ccc(O)cc3)OC(=O)c3ccccc32)cc1.Nc1ccccc1. The molecule has 0 bridgehead atoms. The summed E-state index contributed by atoms with van der Waals surface area (Å²) in [7, 11) is 0. The molecule has 1 heterocycles. The molecule has 4 nitrogen and oxygen atoms in total. The first-order valence-corrected chi connectivity index (χ1v) is 12.0. The van der Waals surface area contributed by atoms with Crippen molar-refractivity contribution < 1.29 is 14.6 Å². The summed E-state index contributed by atoms with van der Waals surface area (Å²) in [5, 5.41) is 9.63. The van der Waals surface area contributed by atoms with Gasteiger partial charge in [0.1, 0.15) is 5.75 Å². The number of nitrogens with two attached hydrogens (primary N) is 1. The number of fused-ring (bicyclic) bond motifs is 1. The molecule has 35 heavy (non-hydrogen) atoms. The van der Waals surface area contributed by atoms with Crippen molar-refractivity contribution in [3.05, 3.63) is 131 Å². The first-order chi connectivity index (χ1) is 17.0. The summed E-state index contributed by atoms with van der Waals surface area (Å²) in [6.07, 6.45) is 0. The van der Waals surface area contributed by atoms with E-state index in [0.717, 1.165) is 27.9 Å². The predicted octanol–water partition coefficient (Wildman–Crippen LogP) is 7.48. The van der Waals surface area contributed by atoms with Gasteiger partial charge in [-0.25, -0.2) is 4.79 Å². The third-order valence-corrected chi connectivity index (χ3v) is 5.30. The molecule has 0 fully saturated rings. The second kappa shape index (κ2) is 13.0. The Hall–Kier alpha value is -4.05. The lowest BCUT2D eigenvalue weighted by Crippen LogP contribution is -2.29. The topological polar surface area (TPSA) is 72.5 Å². The van der Waals surface area contributed by atoms with Gasteiger partial charge in [0.15, 0.2) is 5.60 Å². The number of aromatic hydroxyl groups is 1. The number of phenols is 1. The first kappa shape index (κ1) is 27.2. The zero-order valence-corrected chi connectivity index (χ0v) is 21.2. The standard InChI is InChI=1S/C21H16O3.C6H7N.2C2H6/c1-14-6-8-15(9-7-14)21(16-10-12-17(22)13-11-16)19-5-3-2-4-18(19)20(23)24-21;7-6-4-2-1-3-5-6;2*1-2/h2-13,22H,1H3;1-5H,7H2;2*1-2H3. The van der Waals surface area contributed by atoms with Crippen LogP contribution >= 0.6 is 0 Å². The third kappa shape index (κ3) is 6.10. The minimum absolute atomic E-state index is 0.176. The molecule has 3 N–H and O–H groups in total. The smallest absolute Gasteiger partial charge is 0.340 e. The Morgan fingerprint density at radius 3 is 1.69 bits per heavy atom. The van der Waals surface area contributed by atoms with Crippen LogP contribution in [0.1, 0.15) is 60.3 Å². The number of hydrogen-bond acceptors (Lipinski definition) is 4. The average molecular weight is 470 g/mol. The zero-order valence-electron chi connectivity index (χ0n) is 21.2. The molecule has 1 aliphatic heterocycles. The molecular formula is C31H35NO3. The fraction of sp³-hybridized carbons (Fsp3) is 0.194. The number of nitrogen functional groups attached to an aromatic ring is 1. The highest BCUT2D eigenvalue weighted by atomic mass is 16.6. The number of anilines is 1. The number of aryl methyl sites for hydroxylation is 1. The number of esters is 1. The van der Waals surface area contributed by atoms with Crippen LogP contribution in [0.4, 0.5) is 5.69 Å². The van der Waals surface area contributed by atoms with Gasteiger partial charge in [-0.3, -0.25) is 0 Å². The minimum Gasteiger partial charge on any atom is -0.508 e. The number of hydrogen-bond donors (Lipinski definition) is 2. The van der Waals surface area contributed by atoms with E-state index in [4.69, 9.17) is 10.5 Å². The highest BCUT2D eigenvalue weighted by molar-refractivity contribution is 5.96. The summed E-state index contributed by atoms with van der Waals surface area (Å²) in [5.41, 5.74) is 9.42. The molecule has 0 saturated carbocycles. The van der Waals surface area contributed by atoms with Crippen LogP contribution < -0.4 is 5.73 Å². The quantitative estimate of drug-likeness (QED) is 0.236. The number of carbonyl (C=O) groups excluding carboxylic acids is 1. The van der Waals surface area contributed by atoms with Crippen LogP contribution in [0.5, 0.6) is 5.75 Å². The molecule has 1 atom stereocenters. The maximum atomic E-state index is 12.5. The number of benzene rings is 4. The van der Waals surface area contributed by atoms with Gasteiger partial charge in [0, 0.05) is 22.4 Å². The van der Waals surface area contributed by atoms with Crippen molar-refractivity contribution >= 4 is 11.7 Å². The van der Waals surface area contributed by atoms with E-state index in [9.17, 15) is 9.90 Å². The molecule has 0 saturated heterocycles. The lowest BCUT2D eigenvalue weighted by atomic mass is 9.80. The van der Waals surface area contributed by atoms with Gasteiger partial charge in [0.25, 0.3) is 0 Å². The number of rotatable bonds is 2. The maximum absolute atomic E-state index is 12.5. The fourth-order valence-electron chi connectivity index (χ4n) is 3.75. The number of ether oxygens (including phenoxy) is 1. The van der Waals surface area contributed by atoms with Gasteiger partial charge in [0.2, 0.25) is 0 Å². The second-order valence-electron chi connectivity index (χ2n) is 7.44. The van der Waals surface area contributed by atoms with Gasteiger partial charge < -0.3 is 15.6 Å². The molecule has 0 radical (unpaired) electrons. The molecule has 0 amide bonds. The van der Waals surface area contributed by atoms with E-state index in [0.29, 0.717) is 5.56 Å². The van der Waals surface area contributed by atoms with Gasteiger partial charge in [-0.1, -0.05) is 106 Å². The van der Waals surface area contributed by atoms with E-state index in [1.807, 2.05) is 107 Å². The Morgan fingerprint density at radius 2 is 1.17 bits per heavy atom. The van der Waals surface area contributed by atoms with Crippen LogP contribution in [0.15, 0.2) is 103 Å². The van der Waals surface area contributed by atoms with E-state index in [2.05, 4.69) is 0 Å². The van der Waals surface area contributed by atoms with E-state index in [-0.39, 0.29) is 11.7 Å². The highest BCUT2D eigenvalue weighted by Crippen LogP contribution is 2.47. The summed E-state index contributed by atoms with van der Waals surface area (Å²) in [4.78, 5) is 12.5. The second-order valence-corrected chi connectivity index (χ2v) is 7.44. The van der Waals surface area contributed by atoms with Crippen molar-refractivity contribution in [2.24, 2.45) is 0 Å². The first-order valence-electron chi connectivity index (χ1n) is 12.0. The van der Waals surface area contributed by atoms with Crippen LogP contribution in [0, 0.1) is 6.92 Å².